The summed E-state index contributed by atoms with van der Waals surface area (Å²) in [6, 6.07) is 1.70. The van der Waals surface area contributed by atoms with Gasteiger partial charge in [0.25, 0.3) is 0 Å². The number of aromatic nitrogens is 2. The maximum atomic E-state index is 10.6. The van der Waals surface area contributed by atoms with E-state index in [4.69, 9.17) is 9.47 Å². The number of hydrogen-bond donors (Lipinski definition) is 0. The Hall–Kier alpha value is -1.36. The molecule has 5 nitrogen and oxygen atoms in total. The Morgan fingerprint density at radius 2 is 2.44 bits per heavy atom. The molecule has 2 unspecified atom stereocenters. The van der Waals surface area contributed by atoms with Crippen LogP contribution in [-0.4, -0.2) is 35.4 Å². The summed E-state index contributed by atoms with van der Waals surface area (Å²) in [5.41, 5.74) is 0.443. The Kier molecular flexibility index (Phi) is 2.40. The van der Waals surface area contributed by atoms with E-state index in [9.17, 15) is 4.79 Å². The van der Waals surface area contributed by atoms with E-state index in [1.807, 2.05) is 0 Å². The zero-order valence-corrected chi connectivity index (χ0v) is 8.96. The summed E-state index contributed by atoms with van der Waals surface area (Å²) < 4.78 is 13.0. The smallest absolute Gasteiger partial charge is 0.212 e. The van der Waals surface area contributed by atoms with Crippen LogP contribution in [0.4, 0.5) is 0 Å². The average molecular weight is 222 g/mol. The second kappa shape index (κ2) is 3.90. The lowest BCUT2D eigenvalue weighted by Gasteiger charge is -2.28. The maximum absolute atomic E-state index is 10.6. The minimum atomic E-state index is 0.214. The molecule has 0 bridgehead atoms. The number of ether oxygens (including phenoxy) is 2. The first-order chi connectivity index (χ1) is 7.86. The largest absolute Gasteiger partial charge is 0.474 e. The molecular weight excluding hydrogens is 208 g/mol. The molecule has 2 aliphatic heterocycles. The van der Waals surface area contributed by atoms with E-state index in [2.05, 4.69) is 5.10 Å². The van der Waals surface area contributed by atoms with E-state index in [-0.39, 0.29) is 6.10 Å². The van der Waals surface area contributed by atoms with Gasteiger partial charge in [-0.05, 0) is 6.42 Å². The summed E-state index contributed by atoms with van der Waals surface area (Å²) in [7, 11) is 0. The summed E-state index contributed by atoms with van der Waals surface area (Å²) >= 11 is 0. The molecular formula is C11H14N2O3. The van der Waals surface area contributed by atoms with Crippen molar-refractivity contribution < 1.29 is 14.3 Å². The van der Waals surface area contributed by atoms with Gasteiger partial charge in [-0.1, -0.05) is 0 Å². The summed E-state index contributed by atoms with van der Waals surface area (Å²) in [4.78, 5) is 10.6. The fraction of sp³-hybridized carbons (Fsp3) is 0.636. The van der Waals surface area contributed by atoms with Crippen LogP contribution in [0, 0.1) is 5.92 Å². The van der Waals surface area contributed by atoms with Crippen LogP contribution in [0.5, 0.6) is 5.88 Å². The maximum Gasteiger partial charge on any atom is 0.212 e. The van der Waals surface area contributed by atoms with Gasteiger partial charge in [0.05, 0.1) is 6.61 Å². The first-order valence-corrected chi connectivity index (χ1v) is 5.64. The first kappa shape index (κ1) is 9.84. The SMILES string of the molecule is O=Cc1cc2n(n1)CCC(C1CCOC1)O2. The summed E-state index contributed by atoms with van der Waals surface area (Å²) in [5.74, 6) is 1.20. The van der Waals surface area contributed by atoms with Crippen molar-refractivity contribution in [1.29, 1.82) is 0 Å². The molecule has 2 atom stereocenters. The van der Waals surface area contributed by atoms with Gasteiger partial charge in [-0.15, -0.1) is 0 Å². The minimum Gasteiger partial charge on any atom is -0.474 e. The lowest BCUT2D eigenvalue weighted by Crippen LogP contribution is -2.33. The lowest BCUT2D eigenvalue weighted by molar-refractivity contribution is 0.0701. The van der Waals surface area contributed by atoms with E-state index < -0.39 is 0 Å². The first-order valence-electron chi connectivity index (χ1n) is 5.64. The van der Waals surface area contributed by atoms with Gasteiger partial charge in [-0.3, -0.25) is 4.79 Å². The molecule has 0 aromatic carbocycles. The number of carbonyl (C=O) groups is 1. The molecule has 0 saturated carbocycles. The van der Waals surface area contributed by atoms with Gasteiger partial charge < -0.3 is 9.47 Å². The van der Waals surface area contributed by atoms with E-state index in [0.717, 1.165) is 38.9 Å². The Bertz CT molecular complexity index is 396. The molecule has 3 rings (SSSR count). The van der Waals surface area contributed by atoms with Gasteiger partial charge in [0.15, 0.2) is 6.29 Å². The predicted molar refractivity (Wildman–Crippen MR) is 55.6 cm³/mol. The van der Waals surface area contributed by atoms with Crippen molar-refractivity contribution in [3.63, 3.8) is 0 Å². The normalized spacial score (nSPS) is 28.5. The van der Waals surface area contributed by atoms with Crippen molar-refractivity contribution in [2.75, 3.05) is 13.2 Å². The molecule has 86 valence electrons. The summed E-state index contributed by atoms with van der Waals surface area (Å²) in [6.45, 7) is 2.45. The number of aldehydes is 1. The highest BCUT2D eigenvalue weighted by molar-refractivity contribution is 5.72. The molecule has 0 aliphatic carbocycles. The topological polar surface area (TPSA) is 53.4 Å². The van der Waals surface area contributed by atoms with Gasteiger partial charge >= 0.3 is 0 Å². The van der Waals surface area contributed by atoms with Crippen LogP contribution in [0.3, 0.4) is 0 Å². The van der Waals surface area contributed by atoms with E-state index in [1.165, 1.54) is 0 Å². The zero-order chi connectivity index (χ0) is 11.0. The molecule has 16 heavy (non-hydrogen) atoms. The molecule has 0 spiro atoms. The highest BCUT2D eigenvalue weighted by Gasteiger charge is 2.31. The van der Waals surface area contributed by atoms with Crippen molar-refractivity contribution >= 4 is 6.29 Å². The molecule has 1 aromatic heterocycles. The van der Waals surface area contributed by atoms with Gasteiger partial charge in [0, 0.05) is 31.6 Å². The molecule has 1 aromatic rings. The number of nitrogens with zero attached hydrogens (tertiary/aromatic N) is 2. The second-order valence-corrected chi connectivity index (χ2v) is 4.32. The molecule has 0 amide bonds. The van der Waals surface area contributed by atoms with Crippen molar-refractivity contribution in [1.82, 2.24) is 9.78 Å². The van der Waals surface area contributed by atoms with E-state index in [1.54, 1.807) is 10.7 Å². The number of rotatable bonds is 2. The Balaban J connectivity index is 1.77. The number of hydrogen-bond acceptors (Lipinski definition) is 4. The minimum absolute atomic E-state index is 0.214. The molecule has 5 heteroatoms. The Labute approximate surface area is 93.3 Å². The van der Waals surface area contributed by atoms with Crippen LogP contribution < -0.4 is 4.74 Å². The standard InChI is InChI=1S/C11H14N2O3/c14-6-9-5-11-13(12-9)3-1-10(16-11)8-2-4-15-7-8/h5-6,8,10H,1-4,7H2. The van der Waals surface area contributed by atoms with Crippen LogP contribution >= 0.6 is 0 Å². The van der Waals surface area contributed by atoms with Crippen molar-refractivity contribution in [2.24, 2.45) is 5.92 Å². The number of fused-ring (bicyclic) bond motifs is 1. The third-order valence-corrected chi connectivity index (χ3v) is 3.27. The van der Waals surface area contributed by atoms with Gasteiger partial charge in [0.2, 0.25) is 5.88 Å². The molecule has 1 fully saturated rings. The van der Waals surface area contributed by atoms with Crippen LogP contribution in [0.1, 0.15) is 23.3 Å². The fourth-order valence-electron chi connectivity index (χ4n) is 2.37. The van der Waals surface area contributed by atoms with E-state index >= 15 is 0 Å². The second-order valence-electron chi connectivity index (χ2n) is 4.32. The van der Waals surface area contributed by atoms with Gasteiger partial charge in [0.1, 0.15) is 11.8 Å². The average Bonchev–Trinajstić information content (AvgIpc) is 2.96. The molecule has 1 saturated heterocycles. The molecule has 3 heterocycles. The quantitative estimate of drug-likeness (QED) is 0.697. The molecule has 2 aliphatic rings. The molecule has 0 radical (unpaired) electrons. The van der Waals surface area contributed by atoms with Crippen LogP contribution in [-0.2, 0) is 11.3 Å². The predicted octanol–water partition coefficient (Wildman–Crippen LogP) is 0.883. The van der Waals surface area contributed by atoms with Crippen LogP contribution in [0.2, 0.25) is 0 Å². The van der Waals surface area contributed by atoms with Gasteiger partial charge in [-0.25, -0.2) is 4.68 Å². The summed E-state index contributed by atoms with van der Waals surface area (Å²) in [6.07, 6.45) is 2.98. The lowest BCUT2D eigenvalue weighted by atomic mass is 9.98. The van der Waals surface area contributed by atoms with E-state index in [0.29, 0.717) is 17.5 Å². The third-order valence-electron chi connectivity index (χ3n) is 3.27. The zero-order valence-electron chi connectivity index (χ0n) is 8.96. The molecule has 0 N–H and O–H groups in total. The van der Waals surface area contributed by atoms with Gasteiger partial charge in [-0.2, -0.15) is 5.10 Å². The van der Waals surface area contributed by atoms with Crippen molar-refractivity contribution in [2.45, 2.75) is 25.5 Å². The van der Waals surface area contributed by atoms with Crippen molar-refractivity contribution in [3.8, 4) is 5.88 Å². The Morgan fingerprint density at radius 1 is 1.50 bits per heavy atom. The third kappa shape index (κ3) is 1.61. The number of aryl methyl sites for hydroxylation is 1. The number of carbonyl (C=O) groups excluding carboxylic acids is 1. The highest BCUT2D eigenvalue weighted by atomic mass is 16.5. The Morgan fingerprint density at radius 3 is 3.19 bits per heavy atom. The highest BCUT2D eigenvalue weighted by Crippen LogP contribution is 2.28. The van der Waals surface area contributed by atoms with Crippen molar-refractivity contribution in [3.05, 3.63) is 11.8 Å². The monoisotopic (exact) mass is 222 g/mol. The fourth-order valence-corrected chi connectivity index (χ4v) is 2.37. The van der Waals surface area contributed by atoms with Crippen LogP contribution in [0.25, 0.3) is 0 Å². The van der Waals surface area contributed by atoms with Crippen LogP contribution in [0.15, 0.2) is 6.07 Å². The summed E-state index contributed by atoms with van der Waals surface area (Å²) in [5, 5.41) is 4.12.